The Hall–Kier alpha value is -2.71. The Labute approximate surface area is 415 Å². The molecule has 8 heterocycles. The van der Waals surface area contributed by atoms with Crippen LogP contribution in [0.1, 0.15) is 67.7 Å². The molecule has 69 heavy (non-hydrogen) atoms. The predicted octanol–water partition coefficient (Wildman–Crippen LogP) is 7.14. The third-order valence-electron chi connectivity index (χ3n) is 19.6. The summed E-state index contributed by atoms with van der Waals surface area (Å²) < 4.78 is 20.7. The molecular formula is C53H58N2O10S4. The molecular weight excluding hydrogens is 953 g/mol. The number of benzene rings is 4. The molecule has 0 amide bonds. The molecule has 8 N–H and O–H groups in total. The van der Waals surface area contributed by atoms with Gasteiger partial charge in [-0.2, -0.15) is 0 Å². The first kappa shape index (κ1) is 44.9. The molecule has 7 aliphatic heterocycles. The number of phenolic OH excluding ortho intramolecular Hbond substituents is 1. The van der Waals surface area contributed by atoms with E-state index in [4.69, 9.17) is 14.2 Å². The molecule has 18 atom stereocenters. The Morgan fingerprint density at radius 3 is 2.51 bits per heavy atom. The summed E-state index contributed by atoms with van der Waals surface area (Å²) in [6, 6.07) is 21.9. The van der Waals surface area contributed by atoms with Crippen molar-refractivity contribution in [2.45, 2.75) is 116 Å². The Bertz CT molecular complexity index is 2940. The van der Waals surface area contributed by atoms with Crippen molar-refractivity contribution >= 4 is 81.6 Å². The second-order valence-electron chi connectivity index (χ2n) is 21.9. The summed E-state index contributed by atoms with van der Waals surface area (Å²) in [7, 11) is 9.21. The number of rotatable bonds is 4. The summed E-state index contributed by atoms with van der Waals surface area (Å²) >= 11 is 0. The number of hydrogen-bond donors (Lipinski definition) is 8. The first-order valence-electron chi connectivity index (χ1n) is 24.9. The fourth-order valence-electron chi connectivity index (χ4n) is 17.1. The summed E-state index contributed by atoms with van der Waals surface area (Å²) in [6.45, 7) is -0.467. The molecule has 5 aromatic rings. The number of ether oxygens (including phenoxy) is 3. The number of aromatic hydroxyl groups is 1. The molecule has 12 nitrogen and oxygen atoms in total. The van der Waals surface area contributed by atoms with Crippen LogP contribution >= 0.6 is 43.2 Å². The number of aromatic nitrogens is 1. The van der Waals surface area contributed by atoms with Gasteiger partial charge in [0.2, 0.25) is 5.79 Å². The van der Waals surface area contributed by atoms with Gasteiger partial charge in [-0.05, 0) is 139 Å². The van der Waals surface area contributed by atoms with Crippen molar-refractivity contribution in [3.05, 3.63) is 83.6 Å². The molecule has 9 fully saturated rings. The van der Waals surface area contributed by atoms with E-state index in [2.05, 4.69) is 22.4 Å². The highest BCUT2D eigenvalue weighted by Gasteiger charge is 2.84. The zero-order valence-corrected chi connectivity index (χ0v) is 41.4. The van der Waals surface area contributed by atoms with E-state index in [1.807, 2.05) is 83.2 Å². The fraction of sp³-hybridized carbons (Fsp3) is 0.566. The highest BCUT2D eigenvalue weighted by Crippen LogP contribution is 2.78. The van der Waals surface area contributed by atoms with Gasteiger partial charge in [0.15, 0.2) is 17.5 Å². The van der Waals surface area contributed by atoms with Crippen molar-refractivity contribution in [2.75, 3.05) is 24.3 Å². The van der Waals surface area contributed by atoms with E-state index in [1.54, 1.807) is 21.6 Å². The number of carbonyl (C=O) groups is 1. The quantitative estimate of drug-likeness (QED) is 0.0515. The van der Waals surface area contributed by atoms with Crippen LogP contribution in [0, 0.1) is 40.9 Å². The zero-order valence-electron chi connectivity index (χ0n) is 38.2. The van der Waals surface area contributed by atoms with Crippen LogP contribution < -0.4 is 10.1 Å². The fourth-order valence-corrected chi connectivity index (χ4v) is 23.7. The van der Waals surface area contributed by atoms with Crippen molar-refractivity contribution in [3.8, 4) is 11.5 Å². The summed E-state index contributed by atoms with van der Waals surface area (Å²) in [6.07, 6.45) is -0.936. The minimum absolute atomic E-state index is 0.0829. The van der Waals surface area contributed by atoms with Crippen molar-refractivity contribution in [1.82, 2.24) is 10.3 Å². The van der Waals surface area contributed by atoms with Crippen LogP contribution in [0.3, 0.4) is 0 Å². The molecule has 4 saturated carbocycles. The number of hydrogen-bond acceptors (Lipinski definition) is 15. The lowest BCUT2D eigenvalue weighted by atomic mass is 9.41. The molecule has 1 aromatic heterocycles. The second-order valence-corrected chi connectivity index (χ2v) is 27.1. The van der Waals surface area contributed by atoms with E-state index in [1.165, 1.54) is 5.56 Å². The molecule has 0 unspecified atom stereocenters. The standard InChI is InChI=1S/C53H58N2O10S4/c1-54-40-22-68-69-41-23-67-66-21-27-16-37-34-19-35(40)46(59)50(13-12-28-7-8-29-17-33(41)32-18-30(57)9-10-36(32)51(28,29)50)47(34)64-48-44(65-53(62,45(27)58)52(37,48)61)49(60)63-43-39(20-56)55-38-11-6-26-14-24-4-2-3-5-25(24)15-31(26)42(38)43/h2-6,9-11,14-15,18,27-29,33-35,37,40-41,44-48,54-59,61-62H,7-8,12-13,16-17,19-23H2,1H3/t27-,28+,29+,33-,34+,35+,37+,40+,41+,44-,45-,46+,47-,48+,50-,51-,52-,53+/m1/s1. The number of fused-ring (bicyclic) bond motifs is 4. The smallest absolute Gasteiger partial charge is 0.343 e. The first-order chi connectivity index (χ1) is 33.5. The number of phenols is 1. The molecule has 5 aliphatic carbocycles. The number of aliphatic hydroxyl groups is 5. The number of aromatic amines is 1. The summed E-state index contributed by atoms with van der Waals surface area (Å²) in [5.74, 6) is -2.39. The molecule has 2 spiro atoms. The number of carbonyl (C=O) groups excluding carboxylic acids is 1. The maximum Gasteiger partial charge on any atom is 0.343 e. The van der Waals surface area contributed by atoms with E-state index in [9.17, 15) is 30.6 Å². The van der Waals surface area contributed by atoms with Crippen LogP contribution in [-0.4, -0.2) is 119 Å². The number of H-pyrrole nitrogens is 1. The molecule has 4 aromatic carbocycles. The molecule has 5 saturated heterocycles. The SMILES string of the molecule is CN[C@H]1CSS[C@H]2CSSC[C@H]3C[C@H]4[C@@H]5C[C@@H]1[C@H](O)[C@]1(CC[C@@H]6CC[C@H]7C[C@@H]2c2cc(O)ccc2[C@@]671)[C@@H]5O[C@H]1[C@H](C(=O)Oc2c(CO)[nH]c5ccc6cc7ccccc7cc6c25)O[C@@](O)([C@@H]3O)[C@@]41O. The highest BCUT2D eigenvalue weighted by atomic mass is 33.1. The topological polar surface area (TPSA) is 194 Å². The Balaban J connectivity index is 0.968. The summed E-state index contributed by atoms with van der Waals surface area (Å²) in [5.41, 5.74) is -0.382. The molecule has 364 valence electrons. The second kappa shape index (κ2) is 15.9. The third-order valence-corrected chi connectivity index (χ3v) is 25.3. The van der Waals surface area contributed by atoms with Gasteiger partial charge < -0.3 is 55.2 Å². The first-order valence-corrected chi connectivity index (χ1v) is 29.8. The maximum atomic E-state index is 15.4. The average molecular weight is 1010 g/mol. The van der Waals surface area contributed by atoms with Crippen LogP contribution in [-0.2, 0) is 26.3 Å². The maximum absolute atomic E-state index is 15.4. The van der Waals surface area contributed by atoms with Gasteiger partial charge in [-0.25, -0.2) is 4.79 Å². The Kier molecular flexibility index (Phi) is 10.4. The van der Waals surface area contributed by atoms with Gasteiger partial charge in [-0.3, -0.25) is 0 Å². The van der Waals surface area contributed by atoms with Crippen molar-refractivity contribution in [2.24, 2.45) is 40.9 Å². The Morgan fingerprint density at radius 1 is 0.870 bits per heavy atom. The lowest BCUT2D eigenvalue weighted by molar-refractivity contribution is -0.379. The Morgan fingerprint density at radius 2 is 1.68 bits per heavy atom. The molecule has 12 aliphatic rings. The predicted molar refractivity (Wildman–Crippen MR) is 270 cm³/mol. The van der Waals surface area contributed by atoms with Crippen molar-refractivity contribution in [3.63, 3.8) is 0 Å². The van der Waals surface area contributed by atoms with Crippen LogP contribution in [0.2, 0.25) is 0 Å². The van der Waals surface area contributed by atoms with E-state index in [-0.39, 0.29) is 52.2 Å². The summed E-state index contributed by atoms with van der Waals surface area (Å²) in [5, 5.41) is 83.7. The molecule has 9 bridgehead atoms. The average Bonchev–Trinajstić information content (AvgIpc) is 4.07. The largest absolute Gasteiger partial charge is 0.508 e. The van der Waals surface area contributed by atoms with Crippen LogP contribution in [0.25, 0.3) is 32.4 Å². The van der Waals surface area contributed by atoms with Crippen LogP contribution in [0.5, 0.6) is 11.5 Å². The van der Waals surface area contributed by atoms with E-state index < -0.39 is 83.1 Å². The number of aliphatic hydroxyl groups excluding tert-OH is 3. The van der Waals surface area contributed by atoms with Gasteiger partial charge in [0.05, 0.1) is 35.4 Å². The molecule has 17 rings (SSSR count). The van der Waals surface area contributed by atoms with E-state index in [0.29, 0.717) is 35.9 Å². The van der Waals surface area contributed by atoms with E-state index in [0.717, 1.165) is 64.3 Å². The van der Waals surface area contributed by atoms with Crippen molar-refractivity contribution < 1.29 is 49.6 Å². The number of esters is 1. The zero-order chi connectivity index (χ0) is 46.9. The van der Waals surface area contributed by atoms with Gasteiger partial charge >= 0.3 is 5.97 Å². The minimum Gasteiger partial charge on any atom is -0.508 e. The minimum atomic E-state index is -2.61. The summed E-state index contributed by atoms with van der Waals surface area (Å²) in [4.78, 5) is 18.7. The highest BCUT2D eigenvalue weighted by molar-refractivity contribution is 8.78. The monoisotopic (exact) mass is 1010 g/mol. The van der Waals surface area contributed by atoms with Crippen LogP contribution in [0.15, 0.2) is 66.7 Å². The van der Waals surface area contributed by atoms with Gasteiger partial charge in [-0.1, -0.05) is 79.6 Å². The molecule has 16 heteroatoms. The third kappa shape index (κ3) is 5.75. The lowest BCUT2D eigenvalue weighted by Crippen LogP contribution is -2.79. The van der Waals surface area contributed by atoms with E-state index >= 15 is 4.79 Å². The van der Waals surface area contributed by atoms with Gasteiger partial charge in [0.25, 0.3) is 0 Å². The lowest BCUT2D eigenvalue weighted by Gasteiger charge is -2.69. The van der Waals surface area contributed by atoms with Gasteiger partial charge in [0.1, 0.15) is 18.0 Å². The normalized spacial score (nSPS) is 43.9. The van der Waals surface area contributed by atoms with Crippen LogP contribution in [0.4, 0.5) is 0 Å². The number of nitrogens with one attached hydrogen (secondary N) is 2. The van der Waals surface area contributed by atoms with Crippen molar-refractivity contribution in [1.29, 1.82) is 0 Å². The van der Waals surface area contributed by atoms with Gasteiger partial charge in [0, 0.05) is 57.1 Å². The molecule has 0 radical (unpaired) electrons. The van der Waals surface area contributed by atoms with Gasteiger partial charge in [-0.15, -0.1) is 0 Å².